The van der Waals surface area contributed by atoms with Gasteiger partial charge in [-0.3, -0.25) is 23.7 Å². The summed E-state index contributed by atoms with van der Waals surface area (Å²) in [6.45, 7) is 1.94. The quantitative estimate of drug-likeness (QED) is 0.505. The third-order valence-electron chi connectivity index (χ3n) is 3.78. The summed E-state index contributed by atoms with van der Waals surface area (Å²) in [6.07, 6.45) is 1.47. The van der Waals surface area contributed by atoms with Crippen molar-refractivity contribution in [3.05, 3.63) is 50.2 Å². The van der Waals surface area contributed by atoms with Crippen molar-refractivity contribution in [2.45, 2.75) is 6.92 Å². The second-order valence-corrected chi connectivity index (χ2v) is 5.23. The number of rotatable bonds is 2. The summed E-state index contributed by atoms with van der Waals surface area (Å²) < 4.78 is 8.45. The molecule has 124 valence electrons. The highest BCUT2D eigenvalue weighted by Crippen LogP contribution is 2.08. The number of nitrogens with zero attached hydrogens (tertiary/aromatic N) is 4. The van der Waals surface area contributed by atoms with Crippen molar-refractivity contribution in [1.29, 1.82) is 5.41 Å². The summed E-state index contributed by atoms with van der Waals surface area (Å²) in [5, 5.41) is 8.30. The zero-order valence-corrected chi connectivity index (χ0v) is 13.4. The van der Waals surface area contributed by atoms with Crippen molar-refractivity contribution in [2.24, 2.45) is 14.1 Å². The van der Waals surface area contributed by atoms with Crippen molar-refractivity contribution >= 4 is 22.6 Å². The maximum Gasteiger partial charge on any atom is 0.338 e. The number of carbonyl (C=O) groups is 1. The fourth-order valence-corrected chi connectivity index (χ4v) is 2.51. The van der Waals surface area contributed by atoms with Gasteiger partial charge in [0.05, 0.1) is 12.2 Å². The third kappa shape index (κ3) is 2.13. The lowest BCUT2D eigenvalue weighted by Gasteiger charge is -2.10. The first-order chi connectivity index (χ1) is 11.4. The van der Waals surface area contributed by atoms with Crippen molar-refractivity contribution in [3.8, 4) is 0 Å². The van der Waals surface area contributed by atoms with Gasteiger partial charge in [-0.1, -0.05) is 0 Å². The van der Waals surface area contributed by atoms with Crippen molar-refractivity contribution < 1.29 is 9.53 Å². The van der Waals surface area contributed by atoms with E-state index in [0.717, 1.165) is 4.57 Å². The minimum absolute atomic E-state index is 0.0287. The van der Waals surface area contributed by atoms with Crippen LogP contribution >= 0.6 is 0 Å². The van der Waals surface area contributed by atoms with Gasteiger partial charge in [0.2, 0.25) is 0 Å². The lowest BCUT2D eigenvalue weighted by molar-refractivity contribution is 0.0526. The molecule has 0 spiro atoms. The average molecular weight is 329 g/mol. The molecule has 0 aliphatic carbocycles. The number of ether oxygens (including phenoxy) is 1. The van der Waals surface area contributed by atoms with Crippen LogP contribution in [0.2, 0.25) is 0 Å². The molecule has 9 heteroatoms. The first kappa shape index (κ1) is 15.7. The highest BCUT2D eigenvalue weighted by Gasteiger charge is 2.15. The monoisotopic (exact) mass is 329 g/mol. The largest absolute Gasteiger partial charge is 0.462 e. The molecule has 0 fully saturated rings. The first-order valence-corrected chi connectivity index (χ1v) is 7.20. The van der Waals surface area contributed by atoms with Crippen molar-refractivity contribution in [1.82, 2.24) is 18.5 Å². The van der Waals surface area contributed by atoms with Crippen LogP contribution in [0.4, 0.5) is 0 Å². The predicted molar refractivity (Wildman–Crippen MR) is 85.0 cm³/mol. The Hall–Kier alpha value is -3.23. The molecule has 9 nitrogen and oxygen atoms in total. The number of pyridine rings is 1. The topological polar surface area (TPSA) is 111 Å². The Bertz CT molecular complexity index is 1170. The number of hydrogen-bond acceptors (Lipinski definition) is 6. The molecule has 0 atom stereocenters. The van der Waals surface area contributed by atoms with E-state index in [0.29, 0.717) is 0 Å². The Morgan fingerprint density at radius 3 is 2.67 bits per heavy atom. The van der Waals surface area contributed by atoms with E-state index in [1.54, 1.807) is 6.92 Å². The van der Waals surface area contributed by atoms with Gasteiger partial charge in [0.15, 0.2) is 5.65 Å². The van der Waals surface area contributed by atoms with E-state index in [1.165, 1.54) is 41.4 Å². The average Bonchev–Trinajstić information content (AvgIpc) is 2.57. The molecule has 1 N–H and O–H groups in total. The van der Waals surface area contributed by atoms with E-state index in [-0.39, 0.29) is 34.3 Å². The maximum atomic E-state index is 12.3. The Morgan fingerprint density at radius 2 is 2.00 bits per heavy atom. The number of esters is 1. The molecule has 0 bridgehead atoms. The van der Waals surface area contributed by atoms with Crippen LogP contribution in [0.5, 0.6) is 0 Å². The number of carbonyl (C=O) groups excluding carboxylic acids is 1. The Kier molecular flexibility index (Phi) is 3.55. The second-order valence-electron chi connectivity index (χ2n) is 5.23. The van der Waals surface area contributed by atoms with E-state index in [1.807, 2.05) is 0 Å². The Morgan fingerprint density at radius 1 is 1.29 bits per heavy atom. The van der Waals surface area contributed by atoms with Gasteiger partial charge in [-0.05, 0) is 19.1 Å². The molecule has 24 heavy (non-hydrogen) atoms. The summed E-state index contributed by atoms with van der Waals surface area (Å²) in [6, 6.07) is 2.94. The van der Waals surface area contributed by atoms with Crippen LogP contribution in [0, 0.1) is 5.41 Å². The lowest BCUT2D eigenvalue weighted by atomic mass is 10.2. The highest BCUT2D eigenvalue weighted by atomic mass is 16.5. The van der Waals surface area contributed by atoms with Gasteiger partial charge in [0, 0.05) is 20.3 Å². The second kappa shape index (κ2) is 5.44. The smallest absolute Gasteiger partial charge is 0.338 e. The van der Waals surface area contributed by atoms with E-state index in [9.17, 15) is 14.4 Å². The standard InChI is InChI=1S/C15H15N5O4/c1-4-24-14(22)8-5-6-20-9(7-8)17-12-10(11(20)16)13(21)19(3)15(23)18(12)2/h5-7,16H,4H2,1-3H3. The molecule has 0 saturated heterocycles. The molecule has 3 heterocycles. The Balaban J connectivity index is 2.46. The molecule has 0 unspecified atom stereocenters. The van der Waals surface area contributed by atoms with Crippen LogP contribution in [0.25, 0.3) is 16.7 Å². The molecule has 3 rings (SSSR count). The molecule has 0 aliphatic heterocycles. The summed E-state index contributed by atoms with van der Waals surface area (Å²) in [4.78, 5) is 40.5. The van der Waals surface area contributed by atoms with Gasteiger partial charge in [0.1, 0.15) is 16.5 Å². The van der Waals surface area contributed by atoms with Gasteiger partial charge in [-0.25, -0.2) is 14.6 Å². The van der Waals surface area contributed by atoms with Crippen LogP contribution in [0.3, 0.4) is 0 Å². The summed E-state index contributed by atoms with van der Waals surface area (Å²) in [7, 11) is 2.82. The molecule has 0 aromatic carbocycles. The van der Waals surface area contributed by atoms with Gasteiger partial charge in [-0.15, -0.1) is 0 Å². The van der Waals surface area contributed by atoms with Crippen molar-refractivity contribution in [2.75, 3.05) is 6.61 Å². The summed E-state index contributed by atoms with van der Waals surface area (Å²) >= 11 is 0. The molecule has 0 amide bonds. The maximum absolute atomic E-state index is 12.3. The highest BCUT2D eigenvalue weighted by molar-refractivity contribution is 5.90. The predicted octanol–water partition coefficient (Wildman–Crippen LogP) is -0.459. The molecule has 3 aromatic heterocycles. The molecular weight excluding hydrogens is 314 g/mol. The van der Waals surface area contributed by atoms with Crippen LogP contribution in [-0.4, -0.2) is 31.1 Å². The first-order valence-electron chi connectivity index (χ1n) is 7.20. The Labute approximate surface area is 134 Å². The van der Waals surface area contributed by atoms with Crippen LogP contribution in [-0.2, 0) is 18.8 Å². The number of hydrogen-bond donors (Lipinski definition) is 1. The fraction of sp³-hybridized carbons (Fsp3) is 0.267. The van der Waals surface area contributed by atoms with E-state index < -0.39 is 17.2 Å². The van der Waals surface area contributed by atoms with Gasteiger partial charge in [0.25, 0.3) is 5.56 Å². The minimum atomic E-state index is -0.588. The van der Waals surface area contributed by atoms with Crippen LogP contribution < -0.4 is 16.7 Å². The molecule has 0 aliphatic rings. The fourth-order valence-electron chi connectivity index (χ4n) is 2.51. The van der Waals surface area contributed by atoms with Crippen LogP contribution in [0.15, 0.2) is 27.9 Å². The summed E-state index contributed by atoms with van der Waals surface area (Å²) in [5.41, 5.74) is -0.603. The van der Waals surface area contributed by atoms with Crippen LogP contribution in [0.1, 0.15) is 17.3 Å². The molecular formula is C15H15N5O4. The normalized spacial score (nSPS) is 11.1. The number of aromatic nitrogens is 4. The molecule has 0 saturated carbocycles. The molecule has 3 aromatic rings. The number of nitrogens with one attached hydrogen (secondary N) is 1. The zero-order valence-electron chi connectivity index (χ0n) is 13.4. The number of aryl methyl sites for hydroxylation is 1. The zero-order chi connectivity index (χ0) is 17.6. The van der Waals surface area contributed by atoms with E-state index in [2.05, 4.69) is 4.98 Å². The molecule has 0 radical (unpaired) electrons. The summed E-state index contributed by atoms with van der Waals surface area (Å²) in [5.74, 6) is -0.508. The number of fused-ring (bicyclic) bond motifs is 2. The van der Waals surface area contributed by atoms with Gasteiger partial charge >= 0.3 is 11.7 Å². The van der Waals surface area contributed by atoms with E-state index >= 15 is 0 Å². The minimum Gasteiger partial charge on any atom is -0.462 e. The van der Waals surface area contributed by atoms with Crippen molar-refractivity contribution in [3.63, 3.8) is 0 Å². The SMILES string of the molecule is CCOC(=O)c1ccn2c(=N)c3c(=O)n(C)c(=O)n(C)c3nc2c1. The van der Waals surface area contributed by atoms with E-state index in [4.69, 9.17) is 10.1 Å². The van der Waals surface area contributed by atoms with Gasteiger partial charge < -0.3 is 4.74 Å². The third-order valence-corrected chi connectivity index (χ3v) is 3.78. The lowest BCUT2D eigenvalue weighted by Crippen LogP contribution is -2.40. The van der Waals surface area contributed by atoms with Gasteiger partial charge in [-0.2, -0.15) is 0 Å².